The molecular formula is C43H54F2N10O10. The number of alkyl halides is 2. The number of rotatable bonds is 18. The number of benzene rings is 2. The van der Waals surface area contributed by atoms with Gasteiger partial charge in [0.05, 0.1) is 49.9 Å². The van der Waals surface area contributed by atoms with Gasteiger partial charge in [-0.25, -0.2) is 8.78 Å². The first-order valence-electron chi connectivity index (χ1n) is 21.1. The minimum absolute atomic E-state index is 0.157. The Labute approximate surface area is 373 Å². The molecule has 2 fully saturated rings. The quantitative estimate of drug-likeness (QED) is 0.0648. The lowest BCUT2D eigenvalue weighted by Crippen LogP contribution is -2.50. The highest BCUT2D eigenvalue weighted by Crippen LogP contribution is 2.32. The van der Waals surface area contributed by atoms with Gasteiger partial charge in [0.1, 0.15) is 12.3 Å². The van der Waals surface area contributed by atoms with E-state index >= 15 is 0 Å². The molecule has 1 aromatic heterocycles. The van der Waals surface area contributed by atoms with Crippen molar-refractivity contribution in [2.45, 2.75) is 31.0 Å². The summed E-state index contributed by atoms with van der Waals surface area (Å²) < 4.78 is 27.7. The smallest absolute Gasteiger partial charge is 0.317 e. The molecule has 20 nitrogen and oxygen atoms in total. The normalized spacial score (nSPS) is 18.5. The number of hydrogen-bond acceptors (Lipinski definition) is 14. The van der Waals surface area contributed by atoms with E-state index in [2.05, 4.69) is 20.9 Å². The Balaban J connectivity index is 1.10. The van der Waals surface area contributed by atoms with Gasteiger partial charge >= 0.3 is 17.9 Å². The third-order valence-electron chi connectivity index (χ3n) is 11.1. The fourth-order valence-electron chi connectivity index (χ4n) is 7.66. The molecule has 0 radical (unpaired) electrons. The van der Waals surface area contributed by atoms with Gasteiger partial charge in [0, 0.05) is 89.0 Å². The van der Waals surface area contributed by atoms with E-state index in [9.17, 15) is 63.2 Å². The van der Waals surface area contributed by atoms with E-state index in [0.29, 0.717) is 61.2 Å². The minimum Gasteiger partial charge on any atom is -0.480 e. The summed E-state index contributed by atoms with van der Waals surface area (Å²) in [5.41, 5.74) is 2.51. The van der Waals surface area contributed by atoms with Crippen molar-refractivity contribution in [3.63, 3.8) is 0 Å². The third-order valence-corrected chi connectivity index (χ3v) is 11.1. The fraction of sp³-hybridized carbons (Fsp3) is 0.488. The van der Waals surface area contributed by atoms with Crippen molar-refractivity contribution in [2.75, 3.05) is 105 Å². The van der Waals surface area contributed by atoms with E-state index < -0.39 is 67.4 Å². The molecule has 2 aliphatic rings. The highest BCUT2D eigenvalue weighted by Gasteiger charge is 2.47. The number of β-amino-alcohol motifs (C(OH)–C–C–N with tert-alkyl or cyclic N) is 1. The molecule has 2 aromatic carbocycles. The van der Waals surface area contributed by atoms with Crippen molar-refractivity contribution in [1.82, 2.24) is 45.4 Å². The summed E-state index contributed by atoms with van der Waals surface area (Å²) in [5.74, 6) is -8.04. The van der Waals surface area contributed by atoms with E-state index in [-0.39, 0.29) is 70.4 Å². The number of pyridine rings is 1. The van der Waals surface area contributed by atoms with Gasteiger partial charge < -0.3 is 36.0 Å². The van der Waals surface area contributed by atoms with Gasteiger partial charge in [-0.15, -0.1) is 0 Å². The Bertz CT molecular complexity index is 2180. The average Bonchev–Trinajstić information content (AvgIpc) is 3.59. The van der Waals surface area contributed by atoms with E-state index in [1.54, 1.807) is 63.2 Å². The molecule has 7 N–H and O–H groups in total. The second-order valence-corrected chi connectivity index (χ2v) is 16.0. The predicted molar refractivity (Wildman–Crippen MR) is 230 cm³/mol. The second kappa shape index (κ2) is 23.6. The number of aliphatic hydroxyl groups is 1. The lowest BCUT2D eigenvalue weighted by Gasteiger charge is -2.33. The van der Waals surface area contributed by atoms with Gasteiger partial charge in [-0.2, -0.15) is 5.26 Å². The van der Waals surface area contributed by atoms with Crippen molar-refractivity contribution in [3.05, 3.63) is 65.9 Å². The number of aromatic nitrogens is 1. The van der Waals surface area contributed by atoms with Crippen LogP contribution in [0.15, 0.2) is 54.7 Å². The van der Waals surface area contributed by atoms with Crippen molar-refractivity contribution >= 4 is 46.5 Å². The average molecular weight is 909 g/mol. The second-order valence-electron chi connectivity index (χ2n) is 16.0. The van der Waals surface area contributed by atoms with Crippen LogP contribution in [0.1, 0.15) is 33.6 Å². The molecule has 1 unspecified atom stereocenters. The van der Waals surface area contributed by atoms with Crippen LogP contribution in [0.4, 0.5) is 8.78 Å². The molecule has 0 bridgehead atoms. The van der Waals surface area contributed by atoms with E-state index in [0.717, 1.165) is 10.5 Å². The summed E-state index contributed by atoms with van der Waals surface area (Å²) >= 11 is 0. The maximum atomic E-state index is 13.8. The topological polar surface area (TPSA) is 272 Å². The Morgan fingerprint density at radius 3 is 1.86 bits per heavy atom. The number of halogens is 2. The SMILES string of the molecule is N#C[C@@H]1CC(F)(F)CN1C(=O)CNC(=O)c1ccnc2ccc(-c3ccc(C(=O)NCCCNC(O)CN4CCN(CC(=O)O)CCN(CC(=O)O)CCN(CC(=O)O)CC4)cc3)cc12. The van der Waals surface area contributed by atoms with E-state index in [1.165, 1.54) is 12.3 Å². The molecule has 3 amide bonds. The van der Waals surface area contributed by atoms with Gasteiger partial charge in [0.25, 0.3) is 17.7 Å². The summed E-state index contributed by atoms with van der Waals surface area (Å²) in [6, 6.07) is 13.9. The number of carboxylic acid groups (broad SMARTS) is 3. The number of carbonyl (C=O) groups excluding carboxylic acids is 3. The van der Waals surface area contributed by atoms with Crippen molar-refractivity contribution in [3.8, 4) is 17.2 Å². The zero-order chi connectivity index (χ0) is 47.1. The summed E-state index contributed by atoms with van der Waals surface area (Å²) in [6.45, 7) is 1.02. The van der Waals surface area contributed by atoms with Crippen LogP contribution < -0.4 is 16.0 Å². The van der Waals surface area contributed by atoms with Crippen LogP contribution in [0.3, 0.4) is 0 Å². The summed E-state index contributed by atoms with van der Waals surface area (Å²) in [5, 5.41) is 57.2. The van der Waals surface area contributed by atoms with Gasteiger partial charge in [-0.05, 0) is 54.4 Å². The molecule has 0 aliphatic carbocycles. The standard InChI is InChI=1S/C43H54F2N10O10/c44-43(45)21-32(22-46)55(28-43)37(57)23-50-42(65)33-8-11-47-35-7-6-31(20-34(33)35)29-2-4-30(5-3-29)41(64)49-10-1-9-48-36(56)24-51-12-14-52(25-38(58)59)16-18-54(27-40(62)63)19-17-53(15-13-51)26-39(60)61/h2-8,11,20,32,36,48,56H,1,9-10,12-19,21,23-28H2,(H,49,64)(H,50,65)(H,58,59)(H,60,61)(H,62,63)/t32-,36?/m0/s1. The van der Waals surface area contributed by atoms with Gasteiger partial charge in [0.2, 0.25) is 5.91 Å². The molecule has 350 valence electrons. The van der Waals surface area contributed by atoms with Gasteiger partial charge in [-0.3, -0.25) is 58.7 Å². The highest BCUT2D eigenvalue weighted by molar-refractivity contribution is 6.07. The van der Waals surface area contributed by atoms with E-state index in [1.807, 2.05) is 4.90 Å². The summed E-state index contributed by atoms with van der Waals surface area (Å²) in [7, 11) is 0. The maximum absolute atomic E-state index is 13.8. The minimum atomic E-state index is -3.18. The Morgan fingerprint density at radius 2 is 1.31 bits per heavy atom. The monoisotopic (exact) mass is 908 g/mol. The molecule has 22 heteroatoms. The number of carboxylic acids is 3. The number of nitrogens with zero attached hydrogens (tertiary/aromatic N) is 7. The maximum Gasteiger partial charge on any atom is 0.317 e. The lowest BCUT2D eigenvalue weighted by molar-refractivity contribution is -0.140. The van der Waals surface area contributed by atoms with Gasteiger partial charge in [-0.1, -0.05) is 18.2 Å². The number of amides is 3. The van der Waals surface area contributed by atoms with Crippen LogP contribution in [0, 0.1) is 11.3 Å². The van der Waals surface area contributed by atoms with E-state index in [4.69, 9.17) is 0 Å². The molecule has 2 saturated heterocycles. The first-order chi connectivity index (χ1) is 31.0. The number of carbonyl (C=O) groups is 6. The molecule has 2 atom stereocenters. The number of nitriles is 1. The first-order valence-corrected chi connectivity index (χ1v) is 21.1. The number of aliphatic carboxylic acids is 3. The number of fused-ring (bicyclic) bond motifs is 1. The van der Waals surface area contributed by atoms with Crippen LogP contribution in [-0.4, -0.2) is 208 Å². The van der Waals surface area contributed by atoms with Crippen molar-refractivity contribution < 1.29 is 58.0 Å². The third kappa shape index (κ3) is 15.5. The number of hydrogen-bond donors (Lipinski definition) is 7. The summed E-state index contributed by atoms with van der Waals surface area (Å²) in [4.78, 5) is 85.5. The number of likely N-dealkylation sites (tertiary alicyclic amines) is 1. The Hall–Kier alpha value is -6.22. The molecule has 65 heavy (non-hydrogen) atoms. The summed E-state index contributed by atoms with van der Waals surface area (Å²) in [6.07, 6.45) is 0.149. The molecule has 0 spiro atoms. The molecule has 3 aromatic rings. The van der Waals surface area contributed by atoms with Crippen molar-refractivity contribution in [1.29, 1.82) is 5.26 Å². The molecule has 5 rings (SSSR count). The van der Waals surface area contributed by atoms with Gasteiger partial charge in [0.15, 0.2) is 0 Å². The fourth-order valence-corrected chi connectivity index (χ4v) is 7.66. The Morgan fingerprint density at radius 1 is 0.754 bits per heavy atom. The number of nitrogens with one attached hydrogen (secondary N) is 3. The van der Waals surface area contributed by atoms with Crippen LogP contribution in [0.25, 0.3) is 22.0 Å². The molecule has 3 heterocycles. The van der Waals surface area contributed by atoms with Crippen LogP contribution in [-0.2, 0) is 19.2 Å². The first kappa shape index (κ1) is 49.8. The van der Waals surface area contributed by atoms with Crippen LogP contribution >= 0.6 is 0 Å². The van der Waals surface area contributed by atoms with Crippen LogP contribution in [0.5, 0.6) is 0 Å². The lowest BCUT2D eigenvalue weighted by atomic mass is 9.99. The van der Waals surface area contributed by atoms with Crippen molar-refractivity contribution in [2.24, 2.45) is 0 Å². The highest BCUT2D eigenvalue weighted by atomic mass is 19.3. The molecule has 2 aliphatic heterocycles. The predicted octanol–water partition coefficient (Wildman–Crippen LogP) is -0.105. The Kier molecular flexibility index (Phi) is 18.1. The largest absolute Gasteiger partial charge is 0.480 e. The zero-order valence-corrected chi connectivity index (χ0v) is 35.7. The zero-order valence-electron chi connectivity index (χ0n) is 35.7. The number of aliphatic hydroxyl groups excluding tert-OH is 1. The van der Waals surface area contributed by atoms with Crippen LogP contribution in [0.2, 0.25) is 0 Å². The molecule has 0 saturated carbocycles. The molecular weight excluding hydrogens is 855 g/mol.